The Labute approximate surface area is 487 Å². The second-order valence-corrected chi connectivity index (χ2v) is 20.3. The topological polar surface area (TPSA) is 350 Å². The van der Waals surface area contributed by atoms with E-state index >= 15 is 0 Å². The normalized spacial score (nSPS) is 27.5. The number of anilines is 2. The zero-order valence-electron chi connectivity index (χ0n) is 40.2. The van der Waals surface area contributed by atoms with Gasteiger partial charge in [-0.2, -0.15) is 0 Å². The minimum atomic E-state index is -1.59. The second kappa shape index (κ2) is 24.9. The molecule has 0 aliphatic carbocycles. The first-order chi connectivity index (χ1) is 32.5. The second-order valence-electron chi connectivity index (χ2n) is 17.6. The molecule has 4 saturated heterocycles. The van der Waals surface area contributed by atoms with Crippen LogP contribution in [-0.4, -0.2) is 149 Å². The molecule has 12 atom stereocenters. The van der Waals surface area contributed by atoms with E-state index in [-0.39, 0.29) is 159 Å². The van der Waals surface area contributed by atoms with E-state index in [4.69, 9.17) is 5.11 Å². The summed E-state index contributed by atoms with van der Waals surface area (Å²) < 4.78 is 0. The Bertz CT molecular complexity index is 2600. The van der Waals surface area contributed by atoms with Crippen molar-refractivity contribution < 1.29 is 168 Å². The molecule has 8 rings (SSSR count). The summed E-state index contributed by atoms with van der Waals surface area (Å²) in [5, 5.41) is 81.2. The number of benzene rings is 2. The molecular weight excluding hydrogens is 1010 g/mol. The summed E-state index contributed by atoms with van der Waals surface area (Å²) in [5.74, 6) is -9.22. The molecule has 5 amide bonds. The largest absolute Gasteiger partial charge is 1.00 e. The van der Waals surface area contributed by atoms with Crippen LogP contribution in [0.4, 0.5) is 16.2 Å². The number of rotatable bonds is 14. The molecule has 0 bridgehead atoms. The average molecular weight is 1060 g/mol. The molecule has 0 unspecified atom stereocenters. The summed E-state index contributed by atoms with van der Waals surface area (Å²) in [6.45, 7) is 6.90. The fraction of sp³-hybridized carbons (Fsp3) is 0.444. The van der Waals surface area contributed by atoms with Gasteiger partial charge in [0.1, 0.15) is 17.8 Å². The van der Waals surface area contributed by atoms with Gasteiger partial charge < -0.3 is 80.8 Å². The average Bonchev–Trinajstić information content (AvgIpc) is 4.04. The number of aliphatic carboxylic acids is 2. The maximum absolute atomic E-state index is 12.9. The van der Waals surface area contributed by atoms with Gasteiger partial charge in [-0.25, -0.2) is 9.59 Å². The number of nitrogens with zero attached hydrogens (tertiary/aromatic N) is 3. The fourth-order valence-electron chi connectivity index (χ4n) is 9.94. The van der Waals surface area contributed by atoms with E-state index in [1.165, 1.54) is 66.9 Å². The minimum absolute atomic E-state index is 0. The monoisotopic (exact) mass is 1060 g/mol. The van der Waals surface area contributed by atoms with E-state index in [9.17, 15) is 73.8 Å². The van der Waals surface area contributed by atoms with E-state index in [0.717, 1.165) is 21.6 Å². The van der Waals surface area contributed by atoms with Crippen LogP contribution in [-0.2, 0) is 28.8 Å². The number of carbonyl (C=O) groups is 9. The Balaban J connectivity index is 0.000000301. The van der Waals surface area contributed by atoms with Crippen molar-refractivity contribution in [1.29, 1.82) is 0 Å². The van der Waals surface area contributed by atoms with Gasteiger partial charge in [0.25, 0.3) is 0 Å². The molecule has 0 aromatic heterocycles. The van der Waals surface area contributed by atoms with Gasteiger partial charge in [-0.3, -0.25) is 19.2 Å². The predicted octanol–water partition coefficient (Wildman–Crippen LogP) is -10.7. The van der Waals surface area contributed by atoms with Crippen molar-refractivity contribution in [1.82, 2.24) is 20.0 Å². The number of carbonyl (C=O) groups excluding carboxylic acids is 7. The van der Waals surface area contributed by atoms with Crippen LogP contribution in [0.3, 0.4) is 0 Å². The molecule has 4 fully saturated rings. The van der Waals surface area contributed by atoms with Crippen molar-refractivity contribution >= 4 is 88.5 Å². The molecule has 0 saturated carbocycles. The van der Waals surface area contributed by atoms with Gasteiger partial charge in [-0.15, -0.1) is 23.5 Å². The number of amides is 5. The Kier molecular flexibility index (Phi) is 21.1. The number of nitrogens with one attached hydrogen (secondary N) is 3. The van der Waals surface area contributed by atoms with Crippen LogP contribution < -0.4 is 120 Å². The van der Waals surface area contributed by atoms with Crippen molar-refractivity contribution in [2.75, 3.05) is 23.7 Å². The van der Waals surface area contributed by atoms with E-state index in [0.29, 0.717) is 28.5 Å². The van der Waals surface area contributed by atoms with Gasteiger partial charge >= 0.3 is 101 Å². The van der Waals surface area contributed by atoms with E-state index in [1.54, 1.807) is 19.1 Å². The van der Waals surface area contributed by atoms with Crippen molar-refractivity contribution in [3.05, 3.63) is 80.9 Å². The molecular formula is C45H47N6Na3O16S2. The van der Waals surface area contributed by atoms with Gasteiger partial charge in [0.15, 0.2) is 0 Å². The number of thioether (sulfide) groups is 2. The third-order valence-corrected chi connectivity index (χ3v) is 16.2. The zero-order chi connectivity index (χ0) is 50.5. The molecule has 6 aliphatic rings. The third kappa shape index (κ3) is 12.1. The Hall–Kier alpha value is -3.47. The number of carboxylic acids is 4. The smallest absolute Gasteiger partial charge is 0.545 e. The number of β-lactam (4-membered cyclic amide) rings is 2. The third-order valence-electron chi connectivity index (χ3n) is 13.1. The van der Waals surface area contributed by atoms with Crippen molar-refractivity contribution in [2.24, 2.45) is 23.7 Å². The van der Waals surface area contributed by atoms with Gasteiger partial charge in [-0.1, -0.05) is 32.0 Å². The van der Waals surface area contributed by atoms with E-state index in [1.807, 2.05) is 6.92 Å². The summed E-state index contributed by atoms with van der Waals surface area (Å²) in [4.78, 5) is 112. The Morgan fingerprint density at radius 2 is 1.17 bits per heavy atom. The van der Waals surface area contributed by atoms with Crippen LogP contribution in [0.2, 0.25) is 0 Å². The van der Waals surface area contributed by atoms with Crippen LogP contribution in [0.5, 0.6) is 0 Å². The molecule has 2 aromatic rings. The molecule has 27 heteroatoms. The van der Waals surface area contributed by atoms with Gasteiger partial charge in [0.2, 0.25) is 23.6 Å². The van der Waals surface area contributed by atoms with Crippen molar-refractivity contribution in [3.63, 3.8) is 0 Å². The van der Waals surface area contributed by atoms with Crippen LogP contribution in [0.15, 0.2) is 69.7 Å². The standard InChI is InChI=1S/C23H25N3O9S.C22H25N3O7S.3Na/c1-9-16-15(10(2)27)20(29)26(16)17(22(32)33)18(9)36-13-7-14(25(8-13)23(34)35)19(28)24-12-5-3-4-11(6-12)21(30)31;1-9-16-15(10(2)26)20(28)25(16)17(22(31)32)18(9)33-13-7-14(23-8-13)19(27)24-12-5-3-4-11(6-12)21(29)30;;;/h3-6,9-10,13-16,27H,7-8H2,1-2H3,(H,24,28)(H,30,31)(H,32,33)(H,34,35);3-6,9-10,13-16,23,26H,7-8H2,1-2H3,(H,24,27)(H,29,30)(H,31,32);;;/q;;3*+1/p-3/t2*9-,10-,13+,14+,15-,16-;;;/m11.../s1. The summed E-state index contributed by atoms with van der Waals surface area (Å²) in [6, 6.07) is 8.63. The number of aliphatic hydroxyl groups is 2. The molecule has 22 nitrogen and oxygen atoms in total. The number of carboxylic acid groups (broad SMARTS) is 5. The molecule has 2 aromatic carbocycles. The molecule has 7 N–H and O–H groups in total. The van der Waals surface area contributed by atoms with E-state index < -0.39 is 95.1 Å². The summed E-state index contributed by atoms with van der Waals surface area (Å²) in [7, 11) is 0. The number of aromatic carboxylic acids is 2. The molecule has 0 spiro atoms. The Morgan fingerprint density at radius 3 is 1.65 bits per heavy atom. The van der Waals surface area contributed by atoms with Gasteiger partial charge in [0.05, 0.1) is 65.4 Å². The molecule has 6 aliphatic heterocycles. The van der Waals surface area contributed by atoms with Crippen LogP contribution >= 0.6 is 23.5 Å². The van der Waals surface area contributed by atoms with Crippen LogP contribution in [0, 0.1) is 23.7 Å². The number of likely N-dealkylation sites (tertiary alicyclic amines) is 1. The summed E-state index contributed by atoms with van der Waals surface area (Å²) in [5.41, 5.74) is 0.0820. The maximum Gasteiger partial charge on any atom is 1.00 e. The van der Waals surface area contributed by atoms with Crippen molar-refractivity contribution in [2.45, 2.75) is 87.4 Å². The maximum atomic E-state index is 12.9. The van der Waals surface area contributed by atoms with Gasteiger partial charge in [0, 0.05) is 56.6 Å². The molecule has 72 heavy (non-hydrogen) atoms. The molecule has 6 heterocycles. The predicted molar refractivity (Wildman–Crippen MR) is 238 cm³/mol. The SMILES string of the molecule is C[C@@H](O)[C@H]1C(=O)N2C(C(=O)O)=C(S[C@@H]3CN[C@H](C(=O)Nc4cccc(C(=O)O)c4)C3)[C@H](C)[C@H]12.C[C@@H](O)[C@H]1C(=O)N2C(C(=O)[O-])=C(S[C@H]3C[C@@H](C(=O)Nc4cccc(C(=O)[O-])c4)N(C(=O)[O-])C3)[C@H](C)[C@H]12.[Na+].[Na+].[Na+]. The molecule has 0 radical (unpaired) electrons. The zero-order valence-corrected chi connectivity index (χ0v) is 47.9. The first-order valence-corrected chi connectivity index (χ1v) is 23.5. The quantitative estimate of drug-likeness (QED) is 0.0682. The summed E-state index contributed by atoms with van der Waals surface area (Å²) >= 11 is 2.42. The first-order valence-electron chi connectivity index (χ1n) is 21.8. The van der Waals surface area contributed by atoms with E-state index in [2.05, 4.69) is 16.0 Å². The number of hydrogen-bond acceptors (Lipinski definition) is 17. The summed E-state index contributed by atoms with van der Waals surface area (Å²) in [6.07, 6.45) is -2.97. The van der Waals surface area contributed by atoms with Gasteiger partial charge in [-0.05, 0) is 62.6 Å². The van der Waals surface area contributed by atoms with Crippen LogP contribution in [0.25, 0.3) is 0 Å². The number of fused-ring (bicyclic) bond motifs is 2. The van der Waals surface area contributed by atoms with Crippen molar-refractivity contribution in [3.8, 4) is 0 Å². The number of aliphatic hydroxyl groups excluding tert-OH is 2. The van der Waals surface area contributed by atoms with Crippen LogP contribution in [0.1, 0.15) is 61.3 Å². The first kappa shape index (κ1) is 61.1. The number of hydrogen-bond donors (Lipinski definition) is 7. The Morgan fingerprint density at radius 1 is 0.681 bits per heavy atom. The fourth-order valence-corrected chi connectivity index (χ4v) is 12.9. The molecule has 368 valence electrons. The minimum Gasteiger partial charge on any atom is -0.545 e.